The molecule has 5 aromatic heterocycles. The Morgan fingerprint density at radius 2 is 0.737 bits per heavy atom. The molecular weight excluding hydrogens is 748 g/mol. The number of aromatic nitrogens is 10. The second-order valence-corrected chi connectivity index (χ2v) is 12.8. The van der Waals surface area contributed by atoms with Gasteiger partial charge in [0.2, 0.25) is 29.5 Å². The van der Waals surface area contributed by atoms with Crippen molar-refractivity contribution in [2.24, 2.45) is 5.73 Å². The number of carbonyl (C=O) groups excluding carboxylic acids is 5. The molecule has 5 heterocycles. The minimum atomic E-state index is -1.67. The van der Waals surface area contributed by atoms with Crippen LogP contribution in [0.25, 0.3) is 0 Å². The lowest BCUT2D eigenvalue weighted by atomic mass is 10.0. The minimum Gasteiger partial charge on any atom is -0.480 e. The molecule has 0 bridgehead atoms. The van der Waals surface area contributed by atoms with E-state index in [1.54, 1.807) is 0 Å². The van der Waals surface area contributed by atoms with E-state index in [0.717, 1.165) is 0 Å². The summed E-state index contributed by atoms with van der Waals surface area (Å²) >= 11 is 0. The Labute approximate surface area is 322 Å². The maximum Gasteiger partial charge on any atom is 0.328 e. The number of aliphatic hydroxyl groups excluding tert-OH is 1. The van der Waals surface area contributed by atoms with Crippen molar-refractivity contribution in [1.82, 2.24) is 76.4 Å². The van der Waals surface area contributed by atoms with Gasteiger partial charge in [0.05, 0.1) is 44.3 Å². The number of nitrogens with zero attached hydrogens (tertiary/aromatic N) is 5. The number of carboxylic acid groups (broad SMARTS) is 1. The highest BCUT2D eigenvalue weighted by atomic mass is 16.4. The molecule has 0 aliphatic heterocycles. The monoisotopic (exact) mass is 790 g/mol. The van der Waals surface area contributed by atoms with Crippen LogP contribution in [0.4, 0.5) is 0 Å². The standard InChI is InChI=1S/C33H42N16O8/c34-22(1-17-6-35-12-40-17)28(51)45-23(2-18-7-36-13-41-18)29(52)46-24(3-19-8-37-14-42-19)30(53)47-25(4-20-9-38-15-43-20)31(54)48-26(5-21-10-39-16-44-21)32(55)49-27(11-50)33(56)57/h6-10,12-16,22-27,50H,1-5,11,34H2,(H,35,40)(H,36,41)(H,37,42)(H,38,43)(H,39,44)(H,45,51)(H,46,52)(H,47,53)(H,48,54)(H,49,55)(H,56,57)/t22-,23-,24-,25-,26-,27-/m0/s1. The molecule has 0 saturated carbocycles. The molecule has 14 N–H and O–H groups in total. The predicted octanol–water partition coefficient (Wildman–Crippen LogP) is -4.36. The molecule has 0 spiro atoms. The summed E-state index contributed by atoms with van der Waals surface area (Å²) < 4.78 is 0. The summed E-state index contributed by atoms with van der Waals surface area (Å²) in [5, 5.41) is 31.6. The Bertz CT molecular complexity index is 2020. The van der Waals surface area contributed by atoms with Crippen molar-refractivity contribution in [3.63, 3.8) is 0 Å². The van der Waals surface area contributed by atoms with Crippen LogP contribution < -0.4 is 32.3 Å². The van der Waals surface area contributed by atoms with Gasteiger partial charge in [-0.2, -0.15) is 0 Å². The van der Waals surface area contributed by atoms with Crippen molar-refractivity contribution in [1.29, 1.82) is 0 Å². The minimum absolute atomic E-state index is 0.0591. The second-order valence-electron chi connectivity index (χ2n) is 12.8. The Balaban J connectivity index is 1.36. The van der Waals surface area contributed by atoms with E-state index in [-0.39, 0.29) is 32.1 Å². The molecule has 0 unspecified atom stereocenters. The van der Waals surface area contributed by atoms with Crippen molar-refractivity contribution in [2.45, 2.75) is 68.4 Å². The number of hydrogen-bond acceptors (Lipinski definition) is 13. The van der Waals surface area contributed by atoms with Crippen molar-refractivity contribution in [3.8, 4) is 0 Å². The van der Waals surface area contributed by atoms with Crippen molar-refractivity contribution in [2.75, 3.05) is 6.61 Å². The summed E-state index contributed by atoms with van der Waals surface area (Å²) in [7, 11) is 0. The van der Waals surface area contributed by atoms with Crippen molar-refractivity contribution in [3.05, 3.63) is 91.1 Å². The summed E-state index contributed by atoms with van der Waals surface area (Å²) in [6, 6.07) is -8.14. The van der Waals surface area contributed by atoms with E-state index in [9.17, 15) is 39.0 Å². The number of carboxylic acids is 1. The Hall–Kier alpha value is -7.21. The van der Waals surface area contributed by atoms with Gasteiger partial charge >= 0.3 is 5.97 Å². The van der Waals surface area contributed by atoms with E-state index in [4.69, 9.17) is 5.73 Å². The molecule has 24 nitrogen and oxygen atoms in total. The lowest BCUT2D eigenvalue weighted by Gasteiger charge is -2.27. The van der Waals surface area contributed by atoms with Crippen LogP contribution in [0.1, 0.15) is 28.5 Å². The first-order valence-corrected chi connectivity index (χ1v) is 17.5. The number of H-pyrrole nitrogens is 5. The number of amides is 5. The van der Waals surface area contributed by atoms with Gasteiger partial charge in [-0.1, -0.05) is 0 Å². The number of aromatic amines is 5. The summed E-state index contributed by atoms with van der Waals surface area (Å²) in [4.78, 5) is 114. The first kappa shape index (κ1) is 41.0. The number of imidazole rings is 5. The molecule has 5 amide bonds. The highest BCUT2D eigenvalue weighted by Crippen LogP contribution is 2.08. The average molecular weight is 791 g/mol. The van der Waals surface area contributed by atoms with Crippen molar-refractivity contribution >= 4 is 35.5 Å². The fourth-order valence-electron chi connectivity index (χ4n) is 5.58. The Morgan fingerprint density at radius 3 is 0.982 bits per heavy atom. The summed E-state index contributed by atoms with van der Waals surface area (Å²) in [6.45, 7) is -0.918. The molecule has 0 aromatic carbocycles. The van der Waals surface area contributed by atoms with E-state index in [0.29, 0.717) is 28.5 Å². The normalized spacial score (nSPS) is 14.3. The lowest BCUT2D eigenvalue weighted by molar-refractivity contribution is -0.143. The fourth-order valence-corrected chi connectivity index (χ4v) is 5.58. The zero-order valence-electron chi connectivity index (χ0n) is 30.1. The van der Waals surface area contributed by atoms with E-state index in [2.05, 4.69) is 76.4 Å². The van der Waals surface area contributed by atoms with Gasteiger partial charge in [-0.25, -0.2) is 29.7 Å². The molecule has 6 atom stereocenters. The molecule has 5 aromatic rings. The number of aliphatic hydroxyl groups is 1. The Kier molecular flexibility index (Phi) is 14.3. The molecule has 0 radical (unpaired) electrons. The van der Waals surface area contributed by atoms with Crippen LogP contribution in [-0.2, 0) is 60.9 Å². The molecule has 0 aliphatic carbocycles. The molecule has 0 fully saturated rings. The molecule has 302 valence electrons. The van der Waals surface area contributed by atoms with Crippen LogP contribution in [-0.4, -0.2) is 138 Å². The van der Waals surface area contributed by atoms with Crippen LogP contribution >= 0.6 is 0 Å². The molecule has 5 rings (SSSR count). The first-order chi connectivity index (χ1) is 27.5. The third kappa shape index (κ3) is 12.1. The summed E-state index contributed by atoms with van der Waals surface area (Å²) in [5.74, 6) is -5.57. The van der Waals surface area contributed by atoms with Crippen LogP contribution in [0.3, 0.4) is 0 Å². The van der Waals surface area contributed by atoms with Crippen LogP contribution in [0, 0.1) is 0 Å². The van der Waals surface area contributed by atoms with Crippen molar-refractivity contribution < 1.29 is 39.0 Å². The third-order valence-electron chi connectivity index (χ3n) is 8.58. The van der Waals surface area contributed by atoms with E-state index in [1.165, 1.54) is 62.6 Å². The first-order valence-electron chi connectivity index (χ1n) is 17.5. The largest absolute Gasteiger partial charge is 0.480 e. The number of rotatable bonds is 22. The molecular formula is C33H42N16O8. The average Bonchev–Trinajstić information content (AvgIpc) is 4.04. The van der Waals surface area contributed by atoms with Gasteiger partial charge in [-0.05, 0) is 0 Å². The van der Waals surface area contributed by atoms with E-state index in [1.807, 2.05) is 0 Å². The molecule has 0 aliphatic rings. The van der Waals surface area contributed by atoms with Gasteiger partial charge in [0, 0.05) is 91.6 Å². The highest BCUT2D eigenvalue weighted by Gasteiger charge is 2.34. The van der Waals surface area contributed by atoms with Crippen LogP contribution in [0.2, 0.25) is 0 Å². The SMILES string of the molecule is N[C@@H](Cc1cnc[nH]1)C(=O)N[C@@H](Cc1cnc[nH]1)C(=O)N[C@@H](Cc1cnc[nH]1)C(=O)N[C@@H](Cc1cnc[nH]1)C(=O)N[C@@H](Cc1cnc[nH]1)C(=O)N[C@@H](CO)C(=O)O. The number of hydrogen-bond donors (Lipinski definition) is 13. The maximum atomic E-state index is 14.1. The van der Waals surface area contributed by atoms with E-state index < -0.39 is 78.4 Å². The van der Waals surface area contributed by atoms with Crippen LogP contribution in [0.5, 0.6) is 0 Å². The zero-order valence-corrected chi connectivity index (χ0v) is 30.1. The van der Waals surface area contributed by atoms with Crippen LogP contribution in [0.15, 0.2) is 62.6 Å². The Morgan fingerprint density at radius 1 is 0.474 bits per heavy atom. The topological polar surface area (TPSA) is 372 Å². The number of carbonyl (C=O) groups is 6. The summed E-state index contributed by atoms with van der Waals surface area (Å²) in [6.07, 6.45) is 13.7. The fraction of sp³-hybridized carbons (Fsp3) is 0.364. The molecule has 0 saturated heterocycles. The summed E-state index contributed by atoms with van der Waals surface area (Å²) in [5.41, 5.74) is 8.49. The smallest absolute Gasteiger partial charge is 0.328 e. The predicted molar refractivity (Wildman–Crippen MR) is 194 cm³/mol. The lowest BCUT2D eigenvalue weighted by Crippen LogP contribution is -2.60. The zero-order chi connectivity index (χ0) is 40.7. The molecule has 57 heavy (non-hydrogen) atoms. The maximum absolute atomic E-state index is 14.1. The number of aliphatic carboxylic acids is 1. The quantitative estimate of drug-likeness (QED) is 0.0315. The third-order valence-corrected chi connectivity index (χ3v) is 8.58. The second kappa shape index (κ2) is 19.9. The number of nitrogens with one attached hydrogen (secondary N) is 10. The van der Waals surface area contributed by atoms with Gasteiger partial charge in [0.15, 0.2) is 0 Å². The van der Waals surface area contributed by atoms with Gasteiger partial charge < -0.3 is 67.5 Å². The van der Waals surface area contributed by atoms with Gasteiger partial charge in [-0.3, -0.25) is 24.0 Å². The van der Waals surface area contributed by atoms with Gasteiger partial charge in [-0.15, -0.1) is 0 Å². The molecule has 24 heteroatoms. The number of nitrogens with two attached hydrogens (primary N) is 1. The van der Waals surface area contributed by atoms with Gasteiger partial charge in [0.1, 0.15) is 30.2 Å². The highest BCUT2D eigenvalue weighted by molar-refractivity contribution is 5.96. The van der Waals surface area contributed by atoms with E-state index >= 15 is 0 Å². The van der Waals surface area contributed by atoms with Gasteiger partial charge in [0.25, 0.3) is 0 Å².